The molecule has 1 aliphatic carbocycles. The molecule has 0 unspecified atom stereocenters. The minimum Gasteiger partial charge on any atom is -0.444 e. The van der Waals surface area contributed by atoms with Crippen LogP contribution in [-0.4, -0.2) is 36.0 Å². The number of piperidine rings is 1. The Kier molecular flexibility index (Phi) is 3.15. The van der Waals surface area contributed by atoms with Crippen LogP contribution in [0.4, 0.5) is 4.79 Å². The molecule has 0 aromatic heterocycles. The number of carbonyl (C=O) groups excluding carboxylic acids is 2. The Labute approximate surface area is 102 Å². The minimum absolute atomic E-state index is 0.161. The summed E-state index contributed by atoms with van der Waals surface area (Å²) in [6.07, 6.45) is 2.97. The van der Waals surface area contributed by atoms with Crippen LogP contribution in [0.1, 0.15) is 33.6 Å². The van der Waals surface area contributed by atoms with Gasteiger partial charge in [0.05, 0.1) is 0 Å². The number of ether oxygens (including phenoxy) is 1. The van der Waals surface area contributed by atoms with Crippen LogP contribution < -0.4 is 0 Å². The highest BCUT2D eigenvalue weighted by Crippen LogP contribution is 2.40. The number of carbonyl (C=O) groups is 2. The summed E-state index contributed by atoms with van der Waals surface area (Å²) in [4.78, 5) is 24.7. The first kappa shape index (κ1) is 12.4. The van der Waals surface area contributed by atoms with E-state index in [0.717, 1.165) is 19.1 Å². The summed E-state index contributed by atoms with van der Waals surface area (Å²) in [6, 6.07) is 0. The highest BCUT2D eigenvalue weighted by atomic mass is 16.6. The molecule has 0 spiro atoms. The third-order valence-corrected chi connectivity index (χ3v) is 3.72. The first-order valence-electron chi connectivity index (χ1n) is 6.34. The largest absolute Gasteiger partial charge is 0.444 e. The van der Waals surface area contributed by atoms with Crippen LogP contribution in [-0.2, 0) is 9.53 Å². The van der Waals surface area contributed by atoms with Crippen LogP contribution in [0.15, 0.2) is 0 Å². The van der Waals surface area contributed by atoms with Gasteiger partial charge in [0.25, 0.3) is 0 Å². The standard InChI is InChI=1S/C13H21NO3/c1-13(2,3)17-12(16)14-6-9-4-5-10(7-14)11(9)8-15/h8-11H,4-7H2,1-3H3/t9-,10+,11-. The summed E-state index contributed by atoms with van der Waals surface area (Å²) < 4.78 is 5.37. The van der Waals surface area contributed by atoms with Crippen LogP contribution in [0.3, 0.4) is 0 Å². The molecule has 17 heavy (non-hydrogen) atoms. The van der Waals surface area contributed by atoms with Crippen molar-refractivity contribution < 1.29 is 14.3 Å². The van der Waals surface area contributed by atoms with E-state index in [9.17, 15) is 9.59 Å². The zero-order valence-corrected chi connectivity index (χ0v) is 10.8. The summed E-state index contributed by atoms with van der Waals surface area (Å²) in [5.74, 6) is 0.853. The van der Waals surface area contributed by atoms with Crippen molar-refractivity contribution >= 4 is 12.4 Å². The average molecular weight is 239 g/mol. The van der Waals surface area contributed by atoms with Gasteiger partial charge in [0.15, 0.2) is 0 Å². The molecular weight excluding hydrogens is 218 g/mol. The van der Waals surface area contributed by atoms with Gasteiger partial charge >= 0.3 is 6.09 Å². The van der Waals surface area contributed by atoms with Gasteiger partial charge < -0.3 is 14.4 Å². The van der Waals surface area contributed by atoms with Gasteiger partial charge in [-0.15, -0.1) is 0 Å². The van der Waals surface area contributed by atoms with Crippen LogP contribution in [0.25, 0.3) is 0 Å². The Hall–Kier alpha value is -1.06. The lowest BCUT2D eigenvalue weighted by atomic mass is 9.86. The Morgan fingerprint density at radius 2 is 1.76 bits per heavy atom. The Balaban J connectivity index is 1.98. The van der Waals surface area contributed by atoms with E-state index in [0.29, 0.717) is 24.9 Å². The molecule has 1 amide bonds. The second kappa shape index (κ2) is 4.31. The molecule has 1 saturated carbocycles. The third-order valence-electron chi connectivity index (χ3n) is 3.72. The number of fused-ring (bicyclic) bond motifs is 2. The van der Waals surface area contributed by atoms with Crippen molar-refractivity contribution in [3.05, 3.63) is 0 Å². The van der Waals surface area contributed by atoms with Gasteiger partial charge in [-0.2, -0.15) is 0 Å². The van der Waals surface area contributed by atoms with E-state index in [1.54, 1.807) is 4.90 Å². The molecule has 0 aromatic rings. The van der Waals surface area contributed by atoms with Crippen LogP contribution >= 0.6 is 0 Å². The van der Waals surface area contributed by atoms with Gasteiger partial charge in [0.1, 0.15) is 11.9 Å². The number of rotatable bonds is 1. The van der Waals surface area contributed by atoms with Crippen LogP contribution in [0.2, 0.25) is 0 Å². The fourth-order valence-corrected chi connectivity index (χ4v) is 2.96. The molecule has 0 radical (unpaired) electrons. The first-order valence-corrected chi connectivity index (χ1v) is 6.34. The first-order chi connectivity index (χ1) is 7.90. The second-order valence-electron chi connectivity index (χ2n) is 6.20. The van der Waals surface area contributed by atoms with Gasteiger partial charge in [0.2, 0.25) is 0 Å². The molecule has 2 bridgehead atoms. The van der Waals surface area contributed by atoms with Gasteiger partial charge in [-0.25, -0.2) is 4.79 Å². The minimum atomic E-state index is -0.447. The maximum atomic E-state index is 11.9. The van der Waals surface area contributed by atoms with E-state index in [1.807, 2.05) is 20.8 Å². The van der Waals surface area contributed by atoms with E-state index in [4.69, 9.17) is 4.74 Å². The van der Waals surface area contributed by atoms with E-state index in [-0.39, 0.29) is 12.0 Å². The third kappa shape index (κ3) is 2.61. The number of hydrogen-bond donors (Lipinski definition) is 0. The molecule has 1 heterocycles. The Morgan fingerprint density at radius 1 is 1.24 bits per heavy atom. The van der Waals surface area contributed by atoms with E-state index in [1.165, 1.54) is 0 Å². The monoisotopic (exact) mass is 239 g/mol. The number of likely N-dealkylation sites (tertiary alicyclic amines) is 1. The fourth-order valence-electron chi connectivity index (χ4n) is 2.96. The van der Waals surface area contributed by atoms with E-state index < -0.39 is 5.60 Å². The SMILES string of the molecule is CC(C)(C)OC(=O)N1C[C@H]2CC[C@@H](C1)[C@@H]2C=O. The van der Waals surface area contributed by atoms with E-state index >= 15 is 0 Å². The van der Waals surface area contributed by atoms with Crippen molar-refractivity contribution in [2.24, 2.45) is 17.8 Å². The predicted octanol–water partition coefficient (Wildman–Crippen LogP) is 2.08. The fraction of sp³-hybridized carbons (Fsp3) is 0.846. The summed E-state index contributed by atoms with van der Waals surface area (Å²) in [7, 11) is 0. The van der Waals surface area contributed by atoms with Gasteiger partial charge in [-0.1, -0.05) is 0 Å². The molecule has 3 atom stereocenters. The second-order valence-corrected chi connectivity index (χ2v) is 6.20. The Bertz CT molecular complexity index is 307. The van der Waals surface area contributed by atoms with Crippen molar-refractivity contribution in [2.75, 3.05) is 13.1 Å². The average Bonchev–Trinajstić information content (AvgIpc) is 2.44. The number of nitrogens with zero attached hydrogens (tertiary/aromatic N) is 1. The van der Waals surface area contributed by atoms with Crippen molar-refractivity contribution in [2.45, 2.75) is 39.2 Å². The van der Waals surface area contributed by atoms with Crippen molar-refractivity contribution in [3.63, 3.8) is 0 Å². The normalized spacial score (nSPS) is 32.4. The van der Waals surface area contributed by atoms with Gasteiger partial charge in [0, 0.05) is 19.0 Å². The van der Waals surface area contributed by atoms with Gasteiger partial charge in [-0.05, 0) is 45.4 Å². The molecule has 1 saturated heterocycles. The van der Waals surface area contributed by atoms with E-state index in [2.05, 4.69) is 0 Å². The predicted molar refractivity (Wildman–Crippen MR) is 63.6 cm³/mol. The molecule has 2 aliphatic rings. The summed E-state index contributed by atoms with van der Waals surface area (Å²) in [5.41, 5.74) is -0.447. The molecule has 96 valence electrons. The zero-order chi connectivity index (χ0) is 12.6. The molecule has 1 aliphatic heterocycles. The summed E-state index contributed by atoms with van der Waals surface area (Å²) in [5, 5.41) is 0. The lowest BCUT2D eigenvalue weighted by molar-refractivity contribution is -0.114. The number of aldehydes is 1. The molecule has 2 rings (SSSR count). The maximum absolute atomic E-state index is 11.9. The highest BCUT2D eigenvalue weighted by molar-refractivity contribution is 5.69. The number of amides is 1. The van der Waals surface area contributed by atoms with Crippen molar-refractivity contribution in [3.8, 4) is 0 Å². The summed E-state index contributed by atoms with van der Waals surface area (Å²) >= 11 is 0. The molecule has 0 aromatic carbocycles. The van der Waals surface area contributed by atoms with Crippen molar-refractivity contribution in [1.82, 2.24) is 4.90 Å². The molecule has 4 heteroatoms. The lowest BCUT2D eigenvalue weighted by Gasteiger charge is -2.36. The highest BCUT2D eigenvalue weighted by Gasteiger charge is 2.43. The zero-order valence-electron chi connectivity index (χ0n) is 10.8. The molecule has 4 nitrogen and oxygen atoms in total. The smallest absolute Gasteiger partial charge is 0.410 e. The van der Waals surface area contributed by atoms with Crippen LogP contribution in [0.5, 0.6) is 0 Å². The van der Waals surface area contributed by atoms with Crippen LogP contribution in [0, 0.1) is 17.8 Å². The molecule has 2 fully saturated rings. The topological polar surface area (TPSA) is 46.6 Å². The van der Waals surface area contributed by atoms with Crippen molar-refractivity contribution in [1.29, 1.82) is 0 Å². The van der Waals surface area contributed by atoms with Gasteiger partial charge in [-0.3, -0.25) is 0 Å². The number of hydrogen-bond acceptors (Lipinski definition) is 3. The quantitative estimate of drug-likeness (QED) is 0.658. The Morgan fingerprint density at radius 3 is 2.18 bits per heavy atom. The molecule has 0 N–H and O–H groups in total. The lowest BCUT2D eigenvalue weighted by Crippen LogP contribution is -2.47. The maximum Gasteiger partial charge on any atom is 0.410 e. The summed E-state index contributed by atoms with van der Waals surface area (Å²) in [6.45, 7) is 6.97. The molecular formula is C13H21NO3.